The zero-order valence-electron chi connectivity index (χ0n) is 12.0. The van der Waals surface area contributed by atoms with E-state index in [1.165, 1.54) is 12.1 Å². The zero-order valence-corrected chi connectivity index (χ0v) is 12.0. The first-order valence-corrected chi connectivity index (χ1v) is 6.66. The van der Waals surface area contributed by atoms with Gasteiger partial charge >= 0.3 is 0 Å². The summed E-state index contributed by atoms with van der Waals surface area (Å²) in [6.45, 7) is 6.01. The third kappa shape index (κ3) is 3.26. The first kappa shape index (κ1) is 14.8. The molecule has 2 aromatic rings. The number of hydrogen-bond donors (Lipinski definition) is 2. The van der Waals surface area contributed by atoms with Crippen molar-refractivity contribution in [3.05, 3.63) is 59.3 Å². The molecule has 0 aliphatic heterocycles. The van der Waals surface area contributed by atoms with Crippen molar-refractivity contribution in [1.29, 1.82) is 0 Å². The van der Waals surface area contributed by atoms with Gasteiger partial charge in [0.1, 0.15) is 11.6 Å². The second kappa shape index (κ2) is 5.77. The van der Waals surface area contributed by atoms with Crippen LogP contribution in [-0.2, 0) is 5.60 Å². The van der Waals surface area contributed by atoms with Crippen molar-refractivity contribution in [3.63, 3.8) is 0 Å². The van der Waals surface area contributed by atoms with Gasteiger partial charge in [-0.2, -0.15) is 0 Å². The molecule has 0 amide bonds. The molecule has 108 valence electrons. The second-order valence-electron chi connectivity index (χ2n) is 5.35. The van der Waals surface area contributed by atoms with E-state index in [0.717, 1.165) is 11.3 Å². The third-order valence-corrected chi connectivity index (χ3v) is 3.51. The molecule has 2 rings (SSSR count). The van der Waals surface area contributed by atoms with Gasteiger partial charge in [-0.05, 0) is 50.1 Å². The normalized spacial score (nSPS) is 15.8. The summed E-state index contributed by atoms with van der Waals surface area (Å²) in [4.78, 5) is 0. The van der Waals surface area contributed by atoms with E-state index < -0.39 is 5.60 Å². The molecule has 0 bridgehead atoms. The van der Waals surface area contributed by atoms with Gasteiger partial charge < -0.3 is 14.8 Å². The fraction of sp³-hybridized carbons (Fsp3) is 0.375. The Balaban J connectivity index is 2.02. The van der Waals surface area contributed by atoms with Gasteiger partial charge in [0, 0.05) is 6.54 Å². The fourth-order valence-electron chi connectivity index (χ4n) is 2.18. The Hall–Kier alpha value is -1.65. The van der Waals surface area contributed by atoms with Crippen molar-refractivity contribution in [1.82, 2.24) is 5.32 Å². The summed E-state index contributed by atoms with van der Waals surface area (Å²) in [6, 6.07) is 7.80. The summed E-state index contributed by atoms with van der Waals surface area (Å²) in [7, 11) is 0. The number of halogens is 1. The lowest BCUT2D eigenvalue weighted by Crippen LogP contribution is -2.36. The quantitative estimate of drug-likeness (QED) is 0.881. The van der Waals surface area contributed by atoms with Gasteiger partial charge in [-0.3, -0.25) is 0 Å². The van der Waals surface area contributed by atoms with Crippen LogP contribution in [0.4, 0.5) is 4.39 Å². The molecule has 1 aromatic heterocycles. The van der Waals surface area contributed by atoms with E-state index in [4.69, 9.17) is 4.42 Å². The molecule has 2 atom stereocenters. The fourth-order valence-corrected chi connectivity index (χ4v) is 2.18. The van der Waals surface area contributed by atoms with Gasteiger partial charge in [-0.25, -0.2) is 4.39 Å². The van der Waals surface area contributed by atoms with Crippen LogP contribution >= 0.6 is 0 Å². The van der Waals surface area contributed by atoms with Crippen LogP contribution in [0.2, 0.25) is 0 Å². The van der Waals surface area contributed by atoms with E-state index in [-0.39, 0.29) is 11.9 Å². The highest BCUT2D eigenvalue weighted by atomic mass is 19.1. The summed E-state index contributed by atoms with van der Waals surface area (Å²) in [5.74, 6) is 0.553. The van der Waals surface area contributed by atoms with Crippen molar-refractivity contribution in [3.8, 4) is 0 Å². The topological polar surface area (TPSA) is 45.4 Å². The Morgan fingerprint density at radius 2 is 1.95 bits per heavy atom. The van der Waals surface area contributed by atoms with E-state index >= 15 is 0 Å². The molecule has 3 nitrogen and oxygen atoms in total. The number of aryl methyl sites for hydroxylation is 1. The Kier molecular flexibility index (Phi) is 4.26. The standard InChI is InChI=1S/C16H20FNO2/c1-11-8-9-20-15(11)12(2)18-10-16(3,19)13-4-6-14(17)7-5-13/h4-9,12,18-19H,10H2,1-3H3. The summed E-state index contributed by atoms with van der Waals surface area (Å²) >= 11 is 0. The number of benzene rings is 1. The van der Waals surface area contributed by atoms with Crippen LogP contribution in [-0.4, -0.2) is 11.7 Å². The van der Waals surface area contributed by atoms with Crippen molar-refractivity contribution in [2.24, 2.45) is 0 Å². The van der Waals surface area contributed by atoms with Gasteiger partial charge in [0.15, 0.2) is 0 Å². The molecule has 0 spiro atoms. The summed E-state index contributed by atoms with van der Waals surface area (Å²) in [5, 5.41) is 13.7. The third-order valence-electron chi connectivity index (χ3n) is 3.51. The summed E-state index contributed by atoms with van der Waals surface area (Å²) in [5.41, 5.74) is 0.684. The van der Waals surface area contributed by atoms with Gasteiger partial charge in [-0.1, -0.05) is 12.1 Å². The maximum absolute atomic E-state index is 12.9. The van der Waals surface area contributed by atoms with Crippen LogP contribution in [0, 0.1) is 12.7 Å². The highest BCUT2D eigenvalue weighted by Gasteiger charge is 2.24. The van der Waals surface area contributed by atoms with Gasteiger partial charge in [-0.15, -0.1) is 0 Å². The van der Waals surface area contributed by atoms with Crippen molar-refractivity contribution < 1.29 is 13.9 Å². The van der Waals surface area contributed by atoms with E-state index in [1.807, 2.05) is 19.9 Å². The van der Waals surface area contributed by atoms with E-state index in [9.17, 15) is 9.50 Å². The molecule has 4 heteroatoms. The molecular formula is C16H20FNO2. The molecule has 20 heavy (non-hydrogen) atoms. The lowest BCUT2D eigenvalue weighted by molar-refractivity contribution is 0.0535. The molecule has 2 N–H and O–H groups in total. The van der Waals surface area contributed by atoms with Crippen LogP contribution in [0.15, 0.2) is 41.0 Å². The SMILES string of the molecule is Cc1ccoc1C(C)NCC(C)(O)c1ccc(F)cc1. The number of hydrogen-bond acceptors (Lipinski definition) is 3. The number of aliphatic hydroxyl groups is 1. The van der Waals surface area contributed by atoms with Crippen LogP contribution in [0.25, 0.3) is 0 Å². The molecule has 0 saturated carbocycles. The first-order chi connectivity index (χ1) is 9.40. The lowest BCUT2D eigenvalue weighted by atomic mass is 9.95. The van der Waals surface area contributed by atoms with E-state index in [2.05, 4.69) is 5.32 Å². The van der Waals surface area contributed by atoms with E-state index in [0.29, 0.717) is 12.1 Å². The average Bonchev–Trinajstić information content (AvgIpc) is 2.83. The molecule has 2 unspecified atom stereocenters. The second-order valence-corrected chi connectivity index (χ2v) is 5.35. The molecule has 0 aliphatic carbocycles. The molecule has 0 radical (unpaired) electrons. The number of furan rings is 1. The summed E-state index contributed by atoms with van der Waals surface area (Å²) in [6.07, 6.45) is 1.65. The minimum Gasteiger partial charge on any atom is -0.467 e. The van der Waals surface area contributed by atoms with Crippen LogP contribution in [0.1, 0.15) is 36.8 Å². The molecular weight excluding hydrogens is 257 g/mol. The predicted molar refractivity (Wildman–Crippen MR) is 75.8 cm³/mol. The zero-order chi connectivity index (χ0) is 14.8. The molecule has 0 saturated heterocycles. The van der Waals surface area contributed by atoms with Crippen LogP contribution in [0.5, 0.6) is 0 Å². The smallest absolute Gasteiger partial charge is 0.123 e. The maximum Gasteiger partial charge on any atom is 0.123 e. The molecule has 0 fully saturated rings. The Morgan fingerprint density at radius 1 is 1.30 bits per heavy atom. The minimum atomic E-state index is -1.07. The molecule has 1 heterocycles. The Bertz CT molecular complexity index is 560. The van der Waals surface area contributed by atoms with Crippen molar-refractivity contribution in [2.45, 2.75) is 32.4 Å². The summed E-state index contributed by atoms with van der Waals surface area (Å²) < 4.78 is 18.3. The largest absolute Gasteiger partial charge is 0.467 e. The van der Waals surface area contributed by atoms with E-state index in [1.54, 1.807) is 25.3 Å². The lowest BCUT2D eigenvalue weighted by Gasteiger charge is -2.26. The van der Waals surface area contributed by atoms with Crippen molar-refractivity contribution >= 4 is 0 Å². The predicted octanol–water partition coefficient (Wildman–Crippen LogP) is 3.29. The van der Waals surface area contributed by atoms with Gasteiger partial charge in [0.25, 0.3) is 0 Å². The average molecular weight is 277 g/mol. The highest BCUT2D eigenvalue weighted by Crippen LogP contribution is 2.23. The Morgan fingerprint density at radius 3 is 2.50 bits per heavy atom. The minimum absolute atomic E-state index is 0.00285. The highest BCUT2D eigenvalue weighted by molar-refractivity contribution is 5.23. The number of rotatable bonds is 5. The molecule has 0 aliphatic rings. The van der Waals surface area contributed by atoms with Crippen molar-refractivity contribution in [2.75, 3.05) is 6.54 Å². The van der Waals surface area contributed by atoms with Crippen LogP contribution in [0.3, 0.4) is 0 Å². The first-order valence-electron chi connectivity index (χ1n) is 6.66. The Labute approximate surface area is 118 Å². The number of nitrogens with one attached hydrogen (secondary N) is 1. The van der Waals surface area contributed by atoms with Crippen LogP contribution < -0.4 is 5.32 Å². The van der Waals surface area contributed by atoms with Gasteiger partial charge in [0.2, 0.25) is 0 Å². The molecule has 1 aromatic carbocycles. The maximum atomic E-state index is 12.9. The van der Waals surface area contributed by atoms with Gasteiger partial charge in [0.05, 0.1) is 17.9 Å². The monoisotopic (exact) mass is 277 g/mol.